The van der Waals surface area contributed by atoms with Gasteiger partial charge in [-0.05, 0) is 53.9 Å². The van der Waals surface area contributed by atoms with E-state index in [-0.39, 0.29) is 0 Å². The van der Waals surface area contributed by atoms with Crippen molar-refractivity contribution in [1.82, 2.24) is 28.9 Å². The molecule has 0 saturated carbocycles. The zero-order valence-corrected chi connectivity index (χ0v) is 28.9. The molecule has 5 aromatic heterocycles. The minimum Gasteiger partial charge on any atom is -0.291 e. The van der Waals surface area contributed by atoms with Crippen LogP contribution in [0, 0.1) is 0 Å². The monoisotopic (exact) mass is 694 g/mol. The van der Waals surface area contributed by atoms with Gasteiger partial charge in [-0.15, -0.1) is 11.3 Å². The lowest BCUT2D eigenvalue weighted by Gasteiger charge is -2.11. The van der Waals surface area contributed by atoms with E-state index >= 15 is 0 Å². The maximum Gasteiger partial charge on any atom is 0.238 e. The molecule has 0 N–H and O–H groups in total. The highest BCUT2D eigenvalue weighted by molar-refractivity contribution is 7.25. The first kappa shape index (κ1) is 28.7. The fourth-order valence-electron chi connectivity index (χ4n) is 8.23. The highest BCUT2D eigenvalue weighted by Gasteiger charge is 2.25. The molecule has 0 spiro atoms. The smallest absolute Gasteiger partial charge is 0.238 e. The maximum absolute atomic E-state index is 5.31. The quantitative estimate of drug-likeness (QED) is 0.184. The third kappa shape index (κ3) is 4.08. The summed E-state index contributed by atoms with van der Waals surface area (Å²) in [6, 6.07) is 55.4. The van der Waals surface area contributed by atoms with Crippen LogP contribution in [-0.4, -0.2) is 28.9 Å². The minimum atomic E-state index is 0.573. The van der Waals surface area contributed by atoms with Crippen molar-refractivity contribution in [2.75, 3.05) is 0 Å². The molecule has 0 atom stereocenters. The predicted molar refractivity (Wildman–Crippen MR) is 218 cm³/mol. The number of hydrogen-bond acceptors (Lipinski definition) is 5. The van der Waals surface area contributed by atoms with Crippen molar-refractivity contribution in [2.45, 2.75) is 0 Å². The van der Waals surface area contributed by atoms with Crippen LogP contribution in [0.5, 0.6) is 0 Å². The second-order valence-electron chi connectivity index (χ2n) is 13.5. The van der Waals surface area contributed by atoms with Crippen molar-refractivity contribution in [1.29, 1.82) is 0 Å². The average molecular weight is 695 g/mol. The molecule has 0 bridgehead atoms. The van der Waals surface area contributed by atoms with Crippen LogP contribution in [0.3, 0.4) is 0 Å². The van der Waals surface area contributed by atoms with E-state index in [4.69, 9.17) is 19.9 Å². The normalized spacial score (nSPS) is 12.2. The van der Waals surface area contributed by atoms with E-state index in [1.807, 2.05) is 35.6 Å². The number of nitrogens with zero attached hydrogens (tertiary/aromatic N) is 6. The van der Waals surface area contributed by atoms with Gasteiger partial charge in [-0.3, -0.25) is 8.97 Å². The highest BCUT2D eigenvalue weighted by Crippen LogP contribution is 2.44. The molecule has 0 fully saturated rings. The number of fused-ring (bicyclic) bond motifs is 6. The van der Waals surface area contributed by atoms with Crippen LogP contribution >= 0.6 is 11.3 Å². The van der Waals surface area contributed by atoms with Crippen molar-refractivity contribution in [3.63, 3.8) is 0 Å². The van der Waals surface area contributed by atoms with Gasteiger partial charge in [-0.2, -0.15) is 9.97 Å². The Kier molecular flexibility index (Phi) is 5.84. The summed E-state index contributed by atoms with van der Waals surface area (Å²) in [7, 11) is 0. The fourth-order valence-corrected chi connectivity index (χ4v) is 9.32. The Morgan fingerprint density at radius 2 is 1.08 bits per heavy atom. The van der Waals surface area contributed by atoms with Crippen LogP contribution in [-0.2, 0) is 0 Å². The van der Waals surface area contributed by atoms with Gasteiger partial charge in [-0.25, -0.2) is 9.97 Å². The van der Waals surface area contributed by atoms with Crippen LogP contribution in [0.25, 0.3) is 109 Å². The summed E-state index contributed by atoms with van der Waals surface area (Å²) in [6.07, 6.45) is 0. The standard InChI is InChI=1S/C46H26N6S/c1-3-12-27(13-4-1)43-48-44(29-22-25-39-33(26-29)31-17-8-10-21-38(31)53-39)50-46(49-43)51-36-20-11-18-32-30-16-7-9-19-35(30)52-42-34(23-24-37(51)41(42)40(32)36)47-45(52)28-14-5-2-6-15-28/h1-26H. The fraction of sp³-hybridized carbons (Fsp3) is 0. The molecule has 12 aromatic rings. The van der Waals surface area contributed by atoms with Crippen LogP contribution in [0.2, 0.25) is 0 Å². The van der Waals surface area contributed by atoms with Gasteiger partial charge >= 0.3 is 0 Å². The third-order valence-electron chi connectivity index (χ3n) is 10.5. The number of aromatic nitrogens is 6. The van der Waals surface area contributed by atoms with Crippen molar-refractivity contribution >= 4 is 80.6 Å². The molecule has 12 rings (SSSR count). The molecule has 0 amide bonds. The van der Waals surface area contributed by atoms with E-state index in [2.05, 4.69) is 142 Å². The predicted octanol–water partition coefficient (Wildman–Crippen LogP) is 11.7. The SMILES string of the molecule is c1ccc(-c2nc(-c3ccc4sc5ccccc5c4c3)nc(-n3c4cccc5c6ccccc6n6c(-c7ccccc7)nc7ccc3c(c54)c76)n2)cc1. The molecule has 7 heteroatoms. The molecule has 7 aromatic carbocycles. The summed E-state index contributed by atoms with van der Waals surface area (Å²) in [5.41, 5.74) is 8.14. The highest BCUT2D eigenvalue weighted by atomic mass is 32.1. The summed E-state index contributed by atoms with van der Waals surface area (Å²) in [5, 5.41) is 7.07. The Balaban J connectivity index is 1.21. The van der Waals surface area contributed by atoms with Crippen LogP contribution in [0.1, 0.15) is 0 Å². The van der Waals surface area contributed by atoms with Gasteiger partial charge in [0.1, 0.15) is 5.82 Å². The number of para-hydroxylation sites is 1. The molecular formula is C46H26N6S. The number of benzene rings is 7. The first-order chi connectivity index (χ1) is 26.3. The van der Waals surface area contributed by atoms with E-state index in [0.29, 0.717) is 17.6 Å². The van der Waals surface area contributed by atoms with Crippen molar-refractivity contribution in [2.24, 2.45) is 0 Å². The van der Waals surface area contributed by atoms with Gasteiger partial charge in [0.2, 0.25) is 5.95 Å². The van der Waals surface area contributed by atoms with Crippen molar-refractivity contribution in [3.8, 4) is 40.1 Å². The van der Waals surface area contributed by atoms with E-state index in [0.717, 1.165) is 66.3 Å². The molecule has 0 aliphatic carbocycles. The average Bonchev–Trinajstić information content (AvgIpc) is 3.88. The number of imidazole rings is 1. The third-order valence-corrected chi connectivity index (χ3v) is 11.7. The van der Waals surface area contributed by atoms with E-state index in [1.54, 1.807) is 0 Å². The van der Waals surface area contributed by atoms with Crippen LogP contribution in [0.15, 0.2) is 158 Å². The number of thiophene rings is 1. The Bertz CT molecular complexity index is 3400. The molecule has 6 nitrogen and oxygen atoms in total. The van der Waals surface area contributed by atoms with Gasteiger partial charge in [0, 0.05) is 53.0 Å². The van der Waals surface area contributed by atoms with E-state index < -0.39 is 0 Å². The molecule has 0 aliphatic rings. The van der Waals surface area contributed by atoms with Crippen molar-refractivity contribution < 1.29 is 0 Å². The van der Waals surface area contributed by atoms with Crippen molar-refractivity contribution in [3.05, 3.63) is 158 Å². The second-order valence-corrected chi connectivity index (χ2v) is 14.6. The molecular weight excluding hydrogens is 669 g/mol. The Morgan fingerprint density at radius 1 is 0.415 bits per heavy atom. The lowest BCUT2D eigenvalue weighted by Crippen LogP contribution is -2.06. The molecule has 0 saturated heterocycles. The molecule has 53 heavy (non-hydrogen) atoms. The zero-order valence-electron chi connectivity index (χ0n) is 28.1. The summed E-state index contributed by atoms with van der Waals surface area (Å²) in [4.78, 5) is 21.0. The summed E-state index contributed by atoms with van der Waals surface area (Å²) >= 11 is 1.81. The Labute approximate surface area is 306 Å². The molecule has 0 aliphatic heterocycles. The van der Waals surface area contributed by atoms with E-state index in [9.17, 15) is 0 Å². The maximum atomic E-state index is 5.31. The topological polar surface area (TPSA) is 60.9 Å². The molecule has 246 valence electrons. The van der Waals surface area contributed by atoms with Gasteiger partial charge in [-0.1, -0.05) is 109 Å². The lowest BCUT2D eigenvalue weighted by molar-refractivity contribution is 0.954. The van der Waals surface area contributed by atoms with Gasteiger partial charge in [0.15, 0.2) is 11.6 Å². The van der Waals surface area contributed by atoms with Crippen LogP contribution in [0.4, 0.5) is 0 Å². The van der Waals surface area contributed by atoms with Gasteiger partial charge < -0.3 is 0 Å². The van der Waals surface area contributed by atoms with E-state index in [1.165, 1.54) is 25.6 Å². The zero-order chi connectivity index (χ0) is 34.6. The number of rotatable bonds is 4. The summed E-state index contributed by atoms with van der Waals surface area (Å²) in [5.74, 6) is 2.75. The van der Waals surface area contributed by atoms with Gasteiger partial charge in [0.05, 0.1) is 27.6 Å². The largest absolute Gasteiger partial charge is 0.291 e. The molecule has 0 unspecified atom stereocenters. The summed E-state index contributed by atoms with van der Waals surface area (Å²) in [6.45, 7) is 0. The molecule has 0 radical (unpaired) electrons. The Hall–Kier alpha value is -6.96. The van der Waals surface area contributed by atoms with Gasteiger partial charge in [0.25, 0.3) is 0 Å². The second kappa shape index (κ2) is 10.8. The lowest BCUT2D eigenvalue weighted by atomic mass is 10.1. The molecule has 5 heterocycles. The first-order valence-corrected chi connectivity index (χ1v) is 18.5. The Morgan fingerprint density at radius 3 is 1.92 bits per heavy atom. The summed E-state index contributed by atoms with van der Waals surface area (Å²) < 4.78 is 7.08. The minimum absolute atomic E-state index is 0.573. The number of hydrogen-bond donors (Lipinski definition) is 0. The van der Waals surface area contributed by atoms with Crippen LogP contribution < -0.4 is 0 Å². The first-order valence-electron chi connectivity index (χ1n) is 17.7.